The molecule has 1 aromatic carbocycles. The van der Waals surface area contributed by atoms with Crippen LogP contribution in [0.3, 0.4) is 0 Å². The van der Waals surface area contributed by atoms with Crippen molar-refractivity contribution >= 4 is 5.97 Å². The zero-order chi connectivity index (χ0) is 11.8. The third kappa shape index (κ3) is 4.05. The minimum Gasteiger partial charge on any atom is -0.241 e. The minimum atomic E-state index is -1.07. The fourth-order valence-corrected chi connectivity index (χ4v) is 1.86. The third-order valence-electron chi connectivity index (χ3n) is 2.79. The summed E-state index contributed by atoms with van der Waals surface area (Å²) < 4.78 is 0. The van der Waals surface area contributed by atoms with Gasteiger partial charge in [0, 0.05) is 0 Å². The van der Waals surface area contributed by atoms with Gasteiger partial charge in [-0.15, -0.1) is 0 Å². The molecule has 1 aromatic rings. The lowest BCUT2D eigenvalue weighted by Gasteiger charge is -2.04. The number of hydrogen-bond acceptors (Lipinski definition) is 1. The van der Waals surface area contributed by atoms with E-state index in [4.69, 9.17) is 0 Å². The largest absolute Gasteiger partial charge is 0.386 e. The van der Waals surface area contributed by atoms with Gasteiger partial charge < -0.3 is 0 Å². The van der Waals surface area contributed by atoms with Crippen molar-refractivity contribution in [3.05, 3.63) is 35.4 Å². The van der Waals surface area contributed by atoms with E-state index in [0.29, 0.717) is 5.56 Å². The van der Waals surface area contributed by atoms with Crippen LogP contribution in [0.4, 0.5) is 0 Å². The van der Waals surface area contributed by atoms with Gasteiger partial charge in [-0.25, -0.2) is 9.90 Å². The highest BCUT2D eigenvalue weighted by Crippen LogP contribution is 2.13. The lowest BCUT2D eigenvalue weighted by Crippen LogP contribution is -2.00. The van der Waals surface area contributed by atoms with Crippen LogP contribution in [0.1, 0.15) is 54.9 Å². The smallest absolute Gasteiger partial charge is 0.241 e. The molecular formula is C14H19O2. The highest BCUT2D eigenvalue weighted by Gasteiger charge is 2.09. The zero-order valence-corrected chi connectivity index (χ0v) is 9.87. The topological polar surface area (TPSA) is 37.0 Å². The van der Waals surface area contributed by atoms with E-state index in [1.165, 1.54) is 25.7 Å². The van der Waals surface area contributed by atoms with Crippen molar-refractivity contribution in [1.82, 2.24) is 0 Å². The van der Waals surface area contributed by atoms with Crippen LogP contribution in [0.15, 0.2) is 24.3 Å². The molecule has 0 saturated carbocycles. The summed E-state index contributed by atoms with van der Waals surface area (Å²) in [6, 6.07) is 7.13. The first-order valence-corrected chi connectivity index (χ1v) is 6.05. The monoisotopic (exact) mass is 219 g/mol. The van der Waals surface area contributed by atoms with Crippen molar-refractivity contribution < 1.29 is 9.90 Å². The highest BCUT2D eigenvalue weighted by atomic mass is 16.4. The summed E-state index contributed by atoms with van der Waals surface area (Å²) in [5.74, 6) is -1.07. The van der Waals surface area contributed by atoms with Crippen LogP contribution >= 0.6 is 0 Å². The van der Waals surface area contributed by atoms with E-state index in [2.05, 4.69) is 6.92 Å². The van der Waals surface area contributed by atoms with Gasteiger partial charge in [0.1, 0.15) is 0 Å². The van der Waals surface area contributed by atoms with Gasteiger partial charge >= 0.3 is 5.97 Å². The average molecular weight is 219 g/mol. The van der Waals surface area contributed by atoms with Gasteiger partial charge in [-0.2, -0.15) is 0 Å². The number of unbranched alkanes of at least 4 members (excludes halogenated alkanes) is 4. The van der Waals surface area contributed by atoms with Crippen molar-refractivity contribution in [2.75, 3.05) is 0 Å². The van der Waals surface area contributed by atoms with Gasteiger partial charge in [-0.1, -0.05) is 50.8 Å². The summed E-state index contributed by atoms with van der Waals surface area (Å²) in [5, 5.41) is 10.8. The molecule has 1 radical (unpaired) electrons. The van der Waals surface area contributed by atoms with E-state index in [9.17, 15) is 9.90 Å². The molecule has 0 spiro atoms. The van der Waals surface area contributed by atoms with Gasteiger partial charge in [0.2, 0.25) is 0 Å². The SMILES string of the molecule is CCCCCCCc1ccccc1C([O])=O. The Bertz CT molecular complexity index is 331. The van der Waals surface area contributed by atoms with Crippen LogP contribution in [0, 0.1) is 0 Å². The molecule has 0 aromatic heterocycles. The van der Waals surface area contributed by atoms with E-state index in [0.717, 1.165) is 18.4 Å². The Kier molecular flexibility index (Phi) is 5.62. The van der Waals surface area contributed by atoms with E-state index >= 15 is 0 Å². The van der Waals surface area contributed by atoms with Crippen LogP contribution in [-0.4, -0.2) is 5.97 Å². The van der Waals surface area contributed by atoms with Crippen molar-refractivity contribution in [1.29, 1.82) is 0 Å². The Balaban J connectivity index is 2.44. The second-order valence-corrected chi connectivity index (χ2v) is 4.11. The quantitative estimate of drug-likeness (QED) is 0.643. The van der Waals surface area contributed by atoms with Crippen molar-refractivity contribution in [3.8, 4) is 0 Å². The molecular weight excluding hydrogens is 200 g/mol. The molecule has 0 bridgehead atoms. The van der Waals surface area contributed by atoms with Gasteiger partial charge in [-0.05, 0) is 24.5 Å². The number of aryl methyl sites for hydroxylation is 1. The molecule has 0 fully saturated rings. The van der Waals surface area contributed by atoms with Crippen LogP contribution in [-0.2, 0) is 11.5 Å². The molecule has 16 heavy (non-hydrogen) atoms. The molecule has 2 nitrogen and oxygen atoms in total. The Morgan fingerprint density at radius 3 is 2.44 bits per heavy atom. The molecule has 0 N–H and O–H groups in total. The van der Waals surface area contributed by atoms with Crippen LogP contribution in [0.2, 0.25) is 0 Å². The molecule has 0 heterocycles. The Labute approximate surface area is 97.3 Å². The maximum Gasteiger partial charge on any atom is 0.386 e. The fourth-order valence-electron chi connectivity index (χ4n) is 1.86. The van der Waals surface area contributed by atoms with Gasteiger partial charge in [0.15, 0.2) is 0 Å². The molecule has 0 aliphatic carbocycles. The van der Waals surface area contributed by atoms with E-state index in [1.54, 1.807) is 12.1 Å². The summed E-state index contributed by atoms with van der Waals surface area (Å²) in [7, 11) is 0. The van der Waals surface area contributed by atoms with Gasteiger partial charge in [-0.3, -0.25) is 0 Å². The minimum absolute atomic E-state index is 0.345. The van der Waals surface area contributed by atoms with Crippen LogP contribution in [0.5, 0.6) is 0 Å². The third-order valence-corrected chi connectivity index (χ3v) is 2.79. The molecule has 2 heteroatoms. The predicted molar refractivity (Wildman–Crippen MR) is 63.9 cm³/mol. The Morgan fingerprint density at radius 2 is 1.75 bits per heavy atom. The van der Waals surface area contributed by atoms with Crippen molar-refractivity contribution in [2.45, 2.75) is 45.4 Å². The van der Waals surface area contributed by atoms with E-state index in [-0.39, 0.29) is 0 Å². The summed E-state index contributed by atoms with van der Waals surface area (Å²) >= 11 is 0. The normalized spacial score (nSPS) is 10.3. The lowest BCUT2D eigenvalue weighted by atomic mass is 10.0. The summed E-state index contributed by atoms with van der Waals surface area (Å²) in [6.07, 6.45) is 6.81. The summed E-state index contributed by atoms with van der Waals surface area (Å²) in [5.41, 5.74) is 1.25. The molecule has 0 unspecified atom stereocenters. The second kappa shape index (κ2) is 7.04. The molecule has 0 aliphatic heterocycles. The number of carbonyl (C=O) groups is 1. The summed E-state index contributed by atoms with van der Waals surface area (Å²) in [4.78, 5) is 10.8. The second-order valence-electron chi connectivity index (χ2n) is 4.11. The molecule has 1 rings (SSSR count). The number of hydrogen-bond donors (Lipinski definition) is 0. The molecule has 0 amide bonds. The van der Waals surface area contributed by atoms with Crippen LogP contribution in [0.25, 0.3) is 0 Å². The molecule has 0 atom stereocenters. The van der Waals surface area contributed by atoms with Gasteiger partial charge in [0.25, 0.3) is 0 Å². The maximum atomic E-state index is 10.8. The number of carbonyl (C=O) groups excluding carboxylic acids is 1. The van der Waals surface area contributed by atoms with Gasteiger partial charge in [0.05, 0.1) is 5.56 Å². The first-order valence-electron chi connectivity index (χ1n) is 6.05. The highest BCUT2D eigenvalue weighted by molar-refractivity contribution is 5.88. The molecule has 87 valence electrons. The molecule has 0 saturated heterocycles. The lowest BCUT2D eigenvalue weighted by molar-refractivity contribution is 0.0572. The number of rotatable bonds is 7. The predicted octanol–water partition coefficient (Wildman–Crippen LogP) is 3.77. The zero-order valence-electron chi connectivity index (χ0n) is 9.87. The molecule has 0 aliphatic rings. The van der Waals surface area contributed by atoms with E-state index < -0.39 is 5.97 Å². The van der Waals surface area contributed by atoms with E-state index in [1.807, 2.05) is 12.1 Å². The number of benzene rings is 1. The Hall–Kier alpha value is -1.31. The van der Waals surface area contributed by atoms with Crippen LogP contribution < -0.4 is 0 Å². The fraction of sp³-hybridized carbons (Fsp3) is 0.500. The maximum absolute atomic E-state index is 10.8. The standard InChI is InChI=1S/C14H19O2/c1-2-3-4-5-6-9-12-10-7-8-11-13(12)14(15)16/h7-8,10-11H,2-6,9H2,1H3. The Morgan fingerprint density at radius 1 is 1.06 bits per heavy atom. The van der Waals surface area contributed by atoms with Crippen molar-refractivity contribution in [3.63, 3.8) is 0 Å². The first kappa shape index (κ1) is 12.8. The van der Waals surface area contributed by atoms with Crippen molar-refractivity contribution in [2.24, 2.45) is 0 Å². The average Bonchev–Trinajstić information content (AvgIpc) is 2.29. The summed E-state index contributed by atoms with van der Waals surface area (Å²) in [6.45, 7) is 2.19. The first-order chi connectivity index (χ1) is 7.75.